The number of rotatable bonds is 3. The molecule has 118 valence electrons. The van der Waals surface area contributed by atoms with E-state index in [4.69, 9.17) is 9.47 Å². The molecule has 1 unspecified atom stereocenters. The molecule has 21 heavy (non-hydrogen) atoms. The van der Waals surface area contributed by atoms with Crippen molar-refractivity contribution in [2.45, 2.75) is 70.9 Å². The van der Waals surface area contributed by atoms with Gasteiger partial charge in [-0.3, -0.25) is 0 Å². The Bertz CT molecular complexity index is 476. The highest BCUT2D eigenvalue weighted by molar-refractivity contribution is 5.02. The van der Waals surface area contributed by atoms with Crippen LogP contribution in [0.1, 0.15) is 57.7 Å². The molecular weight excluding hydrogens is 268 g/mol. The Morgan fingerprint density at radius 3 is 2.71 bits per heavy atom. The molecule has 1 aromatic heterocycles. The maximum absolute atomic E-state index is 5.70. The van der Waals surface area contributed by atoms with Crippen LogP contribution in [0.3, 0.4) is 0 Å². The summed E-state index contributed by atoms with van der Waals surface area (Å²) in [5, 5.41) is 12.3. The van der Waals surface area contributed by atoms with E-state index in [2.05, 4.69) is 27.0 Å². The zero-order valence-corrected chi connectivity index (χ0v) is 13.3. The summed E-state index contributed by atoms with van der Waals surface area (Å²) >= 11 is 0. The lowest BCUT2D eigenvalue weighted by molar-refractivity contribution is -0.253. The minimum absolute atomic E-state index is 0.155. The third-order valence-electron chi connectivity index (χ3n) is 4.28. The summed E-state index contributed by atoms with van der Waals surface area (Å²) in [6.45, 7) is 8.41. The third-order valence-corrected chi connectivity index (χ3v) is 4.28. The van der Waals surface area contributed by atoms with E-state index in [1.54, 1.807) is 0 Å². The molecule has 2 aliphatic heterocycles. The number of aromatic nitrogens is 3. The second-order valence-electron chi connectivity index (χ2n) is 6.54. The third kappa shape index (κ3) is 3.44. The molecule has 2 aliphatic rings. The van der Waals surface area contributed by atoms with Crippen LogP contribution in [0.4, 0.5) is 0 Å². The predicted molar refractivity (Wildman–Crippen MR) is 78.9 cm³/mol. The first kappa shape index (κ1) is 14.9. The lowest BCUT2D eigenvalue weighted by Crippen LogP contribution is -2.49. The molecule has 3 heterocycles. The van der Waals surface area contributed by atoms with E-state index in [0.29, 0.717) is 13.2 Å². The smallest absolute Gasteiger partial charge is 0.162 e. The highest BCUT2D eigenvalue weighted by Crippen LogP contribution is 2.21. The number of fused-ring (bicyclic) bond motifs is 1. The summed E-state index contributed by atoms with van der Waals surface area (Å²) in [4.78, 5) is 0. The minimum atomic E-state index is -0.465. The monoisotopic (exact) mass is 294 g/mol. The SMILES string of the molecule is CC(NC1COC(C)(C)OC1)c1nnc2n1CCCCC2. The van der Waals surface area contributed by atoms with Crippen LogP contribution in [0, 0.1) is 0 Å². The van der Waals surface area contributed by atoms with Gasteiger partial charge in [-0.2, -0.15) is 0 Å². The van der Waals surface area contributed by atoms with Crippen LogP contribution in [-0.4, -0.2) is 39.8 Å². The Morgan fingerprint density at radius 1 is 1.19 bits per heavy atom. The van der Waals surface area contributed by atoms with Gasteiger partial charge in [0.05, 0.1) is 25.3 Å². The molecule has 1 N–H and O–H groups in total. The average molecular weight is 294 g/mol. The van der Waals surface area contributed by atoms with Crippen LogP contribution in [0.5, 0.6) is 0 Å². The number of aryl methyl sites for hydroxylation is 1. The van der Waals surface area contributed by atoms with Crippen molar-refractivity contribution in [1.29, 1.82) is 0 Å². The van der Waals surface area contributed by atoms with Crippen molar-refractivity contribution in [2.24, 2.45) is 0 Å². The molecule has 0 spiro atoms. The highest BCUT2D eigenvalue weighted by atomic mass is 16.7. The van der Waals surface area contributed by atoms with E-state index < -0.39 is 5.79 Å². The van der Waals surface area contributed by atoms with Crippen LogP contribution in [0.15, 0.2) is 0 Å². The van der Waals surface area contributed by atoms with Gasteiger partial charge in [-0.25, -0.2) is 0 Å². The van der Waals surface area contributed by atoms with Gasteiger partial charge in [0.2, 0.25) is 0 Å². The predicted octanol–water partition coefficient (Wildman–Crippen LogP) is 1.81. The highest BCUT2D eigenvalue weighted by Gasteiger charge is 2.30. The van der Waals surface area contributed by atoms with E-state index in [-0.39, 0.29) is 12.1 Å². The Kier molecular flexibility index (Phi) is 4.28. The van der Waals surface area contributed by atoms with E-state index in [1.807, 2.05) is 13.8 Å². The summed E-state index contributed by atoms with van der Waals surface area (Å²) < 4.78 is 13.7. The largest absolute Gasteiger partial charge is 0.349 e. The summed E-state index contributed by atoms with van der Waals surface area (Å²) in [5.74, 6) is 1.71. The first-order valence-electron chi connectivity index (χ1n) is 8.01. The molecule has 1 aromatic rings. The average Bonchev–Trinajstić information content (AvgIpc) is 2.70. The van der Waals surface area contributed by atoms with Gasteiger partial charge >= 0.3 is 0 Å². The van der Waals surface area contributed by atoms with Crippen LogP contribution >= 0.6 is 0 Å². The molecule has 0 aromatic carbocycles. The number of hydrogen-bond donors (Lipinski definition) is 1. The zero-order chi connectivity index (χ0) is 14.9. The molecular formula is C15H26N4O2. The topological polar surface area (TPSA) is 61.2 Å². The van der Waals surface area contributed by atoms with Gasteiger partial charge in [0, 0.05) is 13.0 Å². The minimum Gasteiger partial charge on any atom is -0.349 e. The summed E-state index contributed by atoms with van der Waals surface area (Å²) in [6.07, 6.45) is 4.77. The van der Waals surface area contributed by atoms with Crippen LogP contribution in [-0.2, 0) is 22.4 Å². The van der Waals surface area contributed by atoms with Crippen molar-refractivity contribution in [3.05, 3.63) is 11.6 Å². The molecule has 3 rings (SSSR count). The van der Waals surface area contributed by atoms with Crippen LogP contribution in [0.2, 0.25) is 0 Å². The van der Waals surface area contributed by atoms with Crippen molar-refractivity contribution in [3.63, 3.8) is 0 Å². The van der Waals surface area contributed by atoms with Crippen molar-refractivity contribution in [3.8, 4) is 0 Å². The van der Waals surface area contributed by atoms with Crippen molar-refractivity contribution in [1.82, 2.24) is 20.1 Å². The van der Waals surface area contributed by atoms with Gasteiger partial charge in [-0.15, -0.1) is 10.2 Å². The molecule has 1 saturated heterocycles. The second-order valence-corrected chi connectivity index (χ2v) is 6.54. The first-order chi connectivity index (χ1) is 10.1. The van der Waals surface area contributed by atoms with Crippen LogP contribution in [0.25, 0.3) is 0 Å². The standard InChI is InChI=1S/C15H26N4O2/c1-11(16-12-9-20-15(2,3)21-10-12)14-18-17-13-7-5-4-6-8-19(13)14/h11-12,16H,4-10H2,1-3H3. The number of nitrogens with zero attached hydrogens (tertiary/aromatic N) is 3. The molecule has 1 fully saturated rings. The van der Waals surface area contributed by atoms with Gasteiger partial charge in [0.15, 0.2) is 5.79 Å². The number of hydrogen-bond acceptors (Lipinski definition) is 5. The van der Waals surface area contributed by atoms with E-state index in [1.165, 1.54) is 19.3 Å². The van der Waals surface area contributed by atoms with E-state index in [9.17, 15) is 0 Å². The summed E-state index contributed by atoms with van der Waals surface area (Å²) in [5.41, 5.74) is 0. The molecule has 6 heteroatoms. The fourth-order valence-corrected chi connectivity index (χ4v) is 3.04. The van der Waals surface area contributed by atoms with Gasteiger partial charge < -0.3 is 19.4 Å². The molecule has 0 bridgehead atoms. The Morgan fingerprint density at radius 2 is 1.95 bits per heavy atom. The maximum Gasteiger partial charge on any atom is 0.162 e. The molecule has 6 nitrogen and oxygen atoms in total. The van der Waals surface area contributed by atoms with Gasteiger partial charge in [0.25, 0.3) is 0 Å². The van der Waals surface area contributed by atoms with Crippen LogP contribution < -0.4 is 5.32 Å². The Labute approximate surface area is 126 Å². The van der Waals surface area contributed by atoms with E-state index in [0.717, 1.165) is 24.6 Å². The maximum atomic E-state index is 5.70. The molecule has 0 amide bonds. The Hall–Kier alpha value is -0.980. The summed E-state index contributed by atoms with van der Waals surface area (Å²) in [7, 11) is 0. The zero-order valence-electron chi connectivity index (χ0n) is 13.3. The lowest BCUT2D eigenvalue weighted by Gasteiger charge is -2.36. The molecule has 0 saturated carbocycles. The lowest BCUT2D eigenvalue weighted by atomic mass is 10.2. The van der Waals surface area contributed by atoms with Gasteiger partial charge in [-0.1, -0.05) is 6.42 Å². The van der Waals surface area contributed by atoms with Crippen molar-refractivity contribution >= 4 is 0 Å². The number of ether oxygens (including phenoxy) is 2. The Balaban J connectivity index is 1.63. The van der Waals surface area contributed by atoms with Crippen molar-refractivity contribution in [2.75, 3.05) is 13.2 Å². The normalized spacial score (nSPS) is 24.3. The van der Waals surface area contributed by atoms with Gasteiger partial charge in [0.1, 0.15) is 11.6 Å². The summed E-state index contributed by atoms with van der Waals surface area (Å²) in [6, 6.07) is 0.356. The van der Waals surface area contributed by atoms with E-state index >= 15 is 0 Å². The van der Waals surface area contributed by atoms with Crippen molar-refractivity contribution < 1.29 is 9.47 Å². The molecule has 0 aliphatic carbocycles. The quantitative estimate of drug-likeness (QED) is 0.921. The molecule has 1 atom stereocenters. The fourth-order valence-electron chi connectivity index (χ4n) is 3.04. The second kappa shape index (κ2) is 6.02. The van der Waals surface area contributed by atoms with Gasteiger partial charge in [-0.05, 0) is 33.6 Å². The fraction of sp³-hybridized carbons (Fsp3) is 0.867. The molecule has 0 radical (unpaired) electrons. The number of nitrogens with one attached hydrogen (secondary N) is 1. The first-order valence-corrected chi connectivity index (χ1v) is 8.01.